The summed E-state index contributed by atoms with van der Waals surface area (Å²) in [5.74, 6) is 0.664. The highest BCUT2D eigenvalue weighted by molar-refractivity contribution is 5.32. The van der Waals surface area contributed by atoms with Gasteiger partial charge in [-0.2, -0.15) is 15.0 Å². The molecule has 0 bridgehead atoms. The summed E-state index contributed by atoms with van der Waals surface area (Å²) in [5.41, 5.74) is 5.56. The molecule has 0 saturated carbocycles. The SMILES string of the molecule is CCCCCCNc1nc(N)nc(OCC)n1. The zero-order valence-electron chi connectivity index (χ0n) is 10.6. The van der Waals surface area contributed by atoms with Gasteiger partial charge in [0.15, 0.2) is 0 Å². The van der Waals surface area contributed by atoms with Crippen LogP contribution in [0.4, 0.5) is 11.9 Å². The number of nitrogens with one attached hydrogen (secondary N) is 1. The average Bonchev–Trinajstić information content (AvgIpc) is 2.28. The first-order chi connectivity index (χ1) is 8.26. The van der Waals surface area contributed by atoms with E-state index >= 15 is 0 Å². The summed E-state index contributed by atoms with van der Waals surface area (Å²) in [6.07, 6.45) is 4.80. The van der Waals surface area contributed by atoms with E-state index in [-0.39, 0.29) is 12.0 Å². The molecule has 1 rings (SSSR count). The van der Waals surface area contributed by atoms with Crippen molar-refractivity contribution in [3.8, 4) is 6.01 Å². The van der Waals surface area contributed by atoms with E-state index in [0.717, 1.165) is 13.0 Å². The topological polar surface area (TPSA) is 86.0 Å². The Balaban J connectivity index is 2.41. The Morgan fingerprint density at radius 2 is 1.94 bits per heavy atom. The van der Waals surface area contributed by atoms with E-state index in [4.69, 9.17) is 10.5 Å². The molecule has 0 saturated heterocycles. The van der Waals surface area contributed by atoms with Crippen molar-refractivity contribution < 1.29 is 4.74 Å². The zero-order chi connectivity index (χ0) is 12.5. The van der Waals surface area contributed by atoms with Crippen LogP contribution in [0.5, 0.6) is 6.01 Å². The molecule has 1 aromatic heterocycles. The van der Waals surface area contributed by atoms with E-state index in [2.05, 4.69) is 27.2 Å². The number of hydrogen-bond acceptors (Lipinski definition) is 6. The number of nitrogen functional groups attached to an aromatic ring is 1. The maximum absolute atomic E-state index is 5.56. The Hall–Kier alpha value is -1.59. The van der Waals surface area contributed by atoms with Gasteiger partial charge in [-0.05, 0) is 13.3 Å². The quantitative estimate of drug-likeness (QED) is 0.673. The molecule has 0 radical (unpaired) electrons. The molecule has 3 N–H and O–H groups in total. The maximum Gasteiger partial charge on any atom is 0.323 e. The van der Waals surface area contributed by atoms with Gasteiger partial charge >= 0.3 is 6.01 Å². The Kier molecular flexibility index (Phi) is 6.06. The maximum atomic E-state index is 5.56. The predicted octanol–water partition coefficient (Wildman–Crippen LogP) is 1.84. The molecular formula is C11H21N5O. The molecule has 1 heterocycles. The van der Waals surface area contributed by atoms with Gasteiger partial charge in [-0.15, -0.1) is 0 Å². The summed E-state index contributed by atoms with van der Waals surface area (Å²) in [7, 11) is 0. The van der Waals surface area contributed by atoms with Crippen molar-refractivity contribution in [3.63, 3.8) is 0 Å². The Morgan fingerprint density at radius 1 is 1.12 bits per heavy atom. The lowest BCUT2D eigenvalue weighted by Crippen LogP contribution is -2.10. The van der Waals surface area contributed by atoms with Crippen molar-refractivity contribution in [2.75, 3.05) is 24.2 Å². The van der Waals surface area contributed by atoms with Gasteiger partial charge < -0.3 is 15.8 Å². The fraction of sp³-hybridized carbons (Fsp3) is 0.727. The number of rotatable bonds is 8. The van der Waals surface area contributed by atoms with Crippen LogP contribution in [-0.4, -0.2) is 28.1 Å². The molecule has 0 aliphatic rings. The monoisotopic (exact) mass is 239 g/mol. The molecule has 1 aromatic rings. The number of hydrogen-bond donors (Lipinski definition) is 2. The smallest absolute Gasteiger partial charge is 0.323 e. The van der Waals surface area contributed by atoms with Crippen LogP contribution < -0.4 is 15.8 Å². The molecule has 0 fully saturated rings. The van der Waals surface area contributed by atoms with Crippen molar-refractivity contribution in [1.29, 1.82) is 0 Å². The van der Waals surface area contributed by atoms with Gasteiger partial charge in [0.05, 0.1) is 6.61 Å². The highest BCUT2D eigenvalue weighted by Gasteiger charge is 2.03. The van der Waals surface area contributed by atoms with Gasteiger partial charge in [-0.3, -0.25) is 0 Å². The number of ether oxygens (including phenoxy) is 1. The first-order valence-corrected chi connectivity index (χ1v) is 6.14. The minimum atomic E-state index is 0.180. The van der Waals surface area contributed by atoms with Crippen LogP contribution in [0.25, 0.3) is 0 Å². The van der Waals surface area contributed by atoms with E-state index in [1.807, 2.05) is 6.92 Å². The van der Waals surface area contributed by atoms with Crippen LogP contribution >= 0.6 is 0 Å². The third-order valence-electron chi connectivity index (χ3n) is 2.22. The summed E-state index contributed by atoms with van der Waals surface area (Å²) in [6.45, 7) is 5.42. The normalized spacial score (nSPS) is 10.2. The highest BCUT2D eigenvalue weighted by Crippen LogP contribution is 2.09. The predicted molar refractivity (Wildman–Crippen MR) is 68.0 cm³/mol. The van der Waals surface area contributed by atoms with Gasteiger partial charge in [-0.1, -0.05) is 26.2 Å². The first-order valence-electron chi connectivity index (χ1n) is 6.14. The number of nitrogens with zero attached hydrogens (tertiary/aromatic N) is 3. The molecule has 96 valence electrons. The van der Waals surface area contributed by atoms with Crippen molar-refractivity contribution in [3.05, 3.63) is 0 Å². The number of nitrogens with two attached hydrogens (primary N) is 1. The van der Waals surface area contributed by atoms with Gasteiger partial charge in [0.25, 0.3) is 0 Å². The highest BCUT2D eigenvalue weighted by atomic mass is 16.5. The Labute approximate surface area is 102 Å². The Bertz CT molecular complexity index is 332. The summed E-state index contributed by atoms with van der Waals surface area (Å²) < 4.78 is 5.19. The van der Waals surface area contributed by atoms with E-state index in [1.54, 1.807) is 0 Å². The second kappa shape index (κ2) is 7.65. The minimum absolute atomic E-state index is 0.180. The minimum Gasteiger partial charge on any atom is -0.464 e. The lowest BCUT2D eigenvalue weighted by atomic mass is 10.2. The fourth-order valence-corrected chi connectivity index (χ4v) is 1.40. The van der Waals surface area contributed by atoms with Gasteiger partial charge in [0, 0.05) is 6.54 Å². The summed E-state index contributed by atoms with van der Waals surface area (Å²) in [6, 6.07) is 0.274. The summed E-state index contributed by atoms with van der Waals surface area (Å²) in [4.78, 5) is 12.0. The lowest BCUT2D eigenvalue weighted by molar-refractivity contribution is 0.312. The molecule has 0 atom stereocenters. The second-order valence-corrected chi connectivity index (χ2v) is 3.72. The van der Waals surface area contributed by atoms with E-state index in [0.29, 0.717) is 12.6 Å². The standard InChI is InChI=1S/C11H21N5O/c1-3-5-6-7-8-13-10-14-9(12)15-11(16-10)17-4-2/h3-8H2,1-2H3,(H3,12,13,14,15,16). The van der Waals surface area contributed by atoms with Crippen LogP contribution in [0.2, 0.25) is 0 Å². The molecule has 17 heavy (non-hydrogen) atoms. The molecule has 0 aliphatic heterocycles. The molecule has 0 spiro atoms. The second-order valence-electron chi connectivity index (χ2n) is 3.72. The van der Waals surface area contributed by atoms with Gasteiger partial charge in [-0.25, -0.2) is 0 Å². The van der Waals surface area contributed by atoms with E-state index < -0.39 is 0 Å². The van der Waals surface area contributed by atoms with Gasteiger partial charge in [0.1, 0.15) is 0 Å². The van der Waals surface area contributed by atoms with Gasteiger partial charge in [0.2, 0.25) is 11.9 Å². The average molecular weight is 239 g/mol. The van der Waals surface area contributed by atoms with Crippen LogP contribution in [0.15, 0.2) is 0 Å². The molecular weight excluding hydrogens is 218 g/mol. The summed E-state index contributed by atoms with van der Waals surface area (Å²) >= 11 is 0. The fourth-order valence-electron chi connectivity index (χ4n) is 1.40. The molecule has 6 nitrogen and oxygen atoms in total. The number of aromatic nitrogens is 3. The molecule has 0 unspecified atom stereocenters. The number of unbranched alkanes of at least 4 members (excludes halogenated alkanes) is 3. The zero-order valence-corrected chi connectivity index (χ0v) is 10.6. The van der Waals surface area contributed by atoms with Crippen molar-refractivity contribution in [1.82, 2.24) is 15.0 Å². The van der Waals surface area contributed by atoms with Crippen molar-refractivity contribution >= 4 is 11.9 Å². The van der Waals surface area contributed by atoms with E-state index in [1.165, 1.54) is 19.3 Å². The largest absolute Gasteiger partial charge is 0.464 e. The van der Waals surface area contributed by atoms with Crippen molar-refractivity contribution in [2.24, 2.45) is 0 Å². The van der Waals surface area contributed by atoms with Crippen LogP contribution in [-0.2, 0) is 0 Å². The molecule has 0 amide bonds. The van der Waals surface area contributed by atoms with Crippen LogP contribution in [0, 0.1) is 0 Å². The van der Waals surface area contributed by atoms with Crippen LogP contribution in [0.1, 0.15) is 39.5 Å². The first kappa shape index (κ1) is 13.5. The summed E-state index contributed by atoms with van der Waals surface area (Å²) in [5, 5.41) is 3.12. The third kappa shape index (κ3) is 5.33. The van der Waals surface area contributed by atoms with Crippen molar-refractivity contribution in [2.45, 2.75) is 39.5 Å². The Morgan fingerprint density at radius 3 is 2.65 bits per heavy atom. The molecule has 6 heteroatoms. The lowest BCUT2D eigenvalue weighted by Gasteiger charge is -2.06. The number of anilines is 2. The van der Waals surface area contributed by atoms with Crippen LogP contribution in [0.3, 0.4) is 0 Å². The molecule has 0 aliphatic carbocycles. The third-order valence-corrected chi connectivity index (χ3v) is 2.22. The van der Waals surface area contributed by atoms with E-state index in [9.17, 15) is 0 Å². The molecule has 0 aromatic carbocycles.